The number of aliphatic hydroxyl groups is 1. The SMILES string of the molecule is CC(C)[C@@H](O)[C@@H](C(=O)O)N(C)C(=O)OCC1c2ccccc2-c2ccccc21. The minimum Gasteiger partial charge on any atom is -0.480 e. The number of amides is 1. The van der Waals surface area contributed by atoms with Crippen LogP contribution in [0.5, 0.6) is 0 Å². The fraction of sp³-hybridized carbons (Fsp3) is 0.364. The number of ether oxygens (including phenoxy) is 1. The van der Waals surface area contributed by atoms with Gasteiger partial charge in [-0.25, -0.2) is 9.59 Å². The van der Waals surface area contributed by atoms with Gasteiger partial charge in [-0.15, -0.1) is 0 Å². The van der Waals surface area contributed by atoms with Crippen LogP contribution >= 0.6 is 0 Å². The number of nitrogens with zero attached hydrogens (tertiary/aromatic N) is 1. The molecule has 1 aliphatic rings. The highest BCUT2D eigenvalue weighted by molar-refractivity contribution is 5.81. The third-order valence-electron chi connectivity index (χ3n) is 5.30. The largest absolute Gasteiger partial charge is 0.480 e. The van der Waals surface area contributed by atoms with E-state index >= 15 is 0 Å². The summed E-state index contributed by atoms with van der Waals surface area (Å²) in [6, 6.07) is 14.6. The van der Waals surface area contributed by atoms with Crippen molar-refractivity contribution in [2.45, 2.75) is 31.9 Å². The van der Waals surface area contributed by atoms with Gasteiger partial charge in [0.2, 0.25) is 0 Å². The number of benzene rings is 2. The molecule has 2 aromatic rings. The first kappa shape index (κ1) is 19.9. The molecular weight excluding hydrogens is 358 g/mol. The molecule has 3 rings (SSSR count). The van der Waals surface area contributed by atoms with Gasteiger partial charge in [0.15, 0.2) is 6.04 Å². The van der Waals surface area contributed by atoms with Crippen LogP contribution in [0.1, 0.15) is 30.9 Å². The van der Waals surface area contributed by atoms with Crippen molar-refractivity contribution in [3.8, 4) is 11.1 Å². The van der Waals surface area contributed by atoms with E-state index in [2.05, 4.69) is 0 Å². The Bertz CT molecular complexity index is 833. The number of carboxylic acid groups (broad SMARTS) is 1. The number of carboxylic acids is 1. The number of hydrogen-bond acceptors (Lipinski definition) is 4. The molecule has 0 unspecified atom stereocenters. The van der Waals surface area contributed by atoms with E-state index in [9.17, 15) is 19.8 Å². The molecule has 0 radical (unpaired) electrons. The number of aliphatic carboxylic acids is 1. The average molecular weight is 383 g/mol. The van der Waals surface area contributed by atoms with Crippen molar-refractivity contribution in [3.63, 3.8) is 0 Å². The Hall–Kier alpha value is -2.86. The molecule has 0 fully saturated rings. The number of hydrogen-bond donors (Lipinski definition) is 2. The second-order valence-corrected chi connectivity index (χ2v) is 7.43. The summed E-state index contributed by atoms with van der Waals surface area (Å²) in [6.07, 6.45) is -1.96. The molecule has 2 N–H and O–H groups in total. The van der Waals surface area contributed by atoms with Gasteiger partial charge < -0.3 is 14.9 Å². The van der Waals surface area contributed by atoms with Crippen LogP contribution in [-0.2, 0) is 9.53 Å². The third kappa shape index (κ3) is 3.60. The van der Waals surface area contributed by atoms with Crippen molar-refractivity contribution < 1.29 is 24.5 Å². The summed E-state index contributed by atoms with van der Waals surface area (Å²) in [5.74, 6) is -1.69. The predicted octanol–water partition coefficient (Wildman–Crippen LogP) is 3.34. The predicted molar refractivity (Wildman–Crippen MR) is 105 cm³/mol. The van der Waals surface area contributed by atoms with Gasteiger partial charge in [-0.05, 0) is 28.2 Å². The average Bonchev–Trinajstić information content (AvgIpc) is 2.99. The van der Waals surface area contributed by atoms with Crippen molar-refractivity contribution in [3.05, 3.63) is 59.7 Å². The number of fused-ring (bicyclic) bond motifs is 3. The van der Waals surface area contributed by atoms with Crippen molar-refractivity contribution in [2.24, 2.45) is 5.92 Å². The quantitative estimate of drug-likeness (QED) is 0.799. The first-order valence-electron chi connectivity index (χ1n) is 9.31. The second-order valence-electron chi connectivity index (χ2n) is 7.43. The van der Waals surface area contributed by atoms with Crippen molar-refractivity contribution in [1.82, 2.24) is 4.90 Å². The lowest BCUT2D eigenvalue weighted by Gasteiger charge is -2.30. The van der Waals surface area contributed by atoms with Crippen LogP contribution in [0.15, 0.2) is 48.5 Å². The van der Waals surface area contributed by atoms with E-state index in [-0.39, 0.29) is 18.4 Å². The van der Waals surface area contributed by atoms with Gasteiger partial charge in [0.05, 0.1) is 6.10 Å². The molecule has 2 atom stereocenters. The molecule has 0 spiro atoms. The Balaban J connectivity index is 1.77. The highest BCUT2D eigenvalue weighted by Gasteiger charge is 2.36. The number of rotatable bonds is 6. The molecule has 1 amide bonds. The lowest BCUT2D eigenvalue weighted by molar-refractivity contribution is -0.147. The molecule has 0 saturated carbocycles. The maximum absolute atomic E-state index is 12.5. The van der Waals surface area contributed by atoms with Gasteiger partial charge in [-0.2, -0.15) is 0 Å². The van der Waals surface area contributed by atoms with Gasteiger partial charge in [-0.3, -0.25) is 4.90 Å². The minimum atomic E-state index is -1.37. The first-order chi connectivity index (χ1) is 13.3. The molecule has 1 aliphatic carbocycles. The van der Waals surface area contributed by atoms with Crippen LogP contribution in [-0.4, -0.2) is 53.0 Å². The van der Waals surface area contributed by atoms with Crippen LogP contribution in [0.3, 0.4) is 0 Å². The summed E-state index contributed by atoms with van der Waals surface area (Å²) in [5.41, 5.74) is 4.39. The fourth-order valence-corrected chi connectivity index (χ4v) is 3.71. The highest BCUT2D eigenvalue weighted by atomic mass is 16.6. The lowest BCUT2D eigenvalue weighted by Crippen LogP contribution is -2.51. The number of aliphatic hydroxyl groups excluding tert-OH is 1. The van der Waals surface area contributed by atoms with E-state index in [0.29, 0.717) is 0 Å². The Morgan fingerprint density at radius 2 is 1.54 bits per heavy atom. The Morgan fingerprint density at radius 3 is 2.00 bits per heavy atom. The summed E-state index contributed by atoms with van der Waals surface area (Å²) in [7, 11) is 1.34. The zero-order valence-corrected chi connectivity index (χ0v) is 16.2. The van der Waals surface area contributed by atoms with E-state index in [1.54, 1.807) is 13.8 Å². The molecular formula is C22H25NO5. The van der Waals surface area contributed by atoms with Crippen LogP contribution in [0.4, 0.5) is 4.79 Å². The molecule has 2 aromatic carbocycles. The standard InChI is InChI=1S/C22H25NO5/c1-13(2)20(24)19(21(25)26)23(3)22(27)28-12-18-16-10-6-4-8-14(16)15-9-5-7-11-17(15)18/h4-11,13,18-20,24H,12H2,1-3H3,(H,25,26)/t19-,20+/m0/s1. The van der Waals surface area contributed by atoms with Crippen molar-refractivity contribution in [1.29, 1.82) is 0 Å². The third-order valence-corrected chi connectivity index (χ3v) is 5.30. The summed E-state index contributed by atoms with van der Waals surface area (Å²) in [6.45, 7) is 3.50. The maximum atomic E-state index is 12.5. The normalized spacial score (nSPS) is 14.9. The van der Waals surface area contributed by atoms with Gasteiger partial charge in [0.1, 0.15) is 6.61 Å². The van der Waals surface area contributed by atoms with E-state index in [0.717, 1.165) is 27.2 Å². The molecule has 0 saturated heterocycles. The number of likely N-dealkylation sites (N-methyl/N-ethyl adjacent to an activating group) is 1. The molecule has 0 aliphatic heterocycles. The van der Waals surface area contributed by atoms with Crippen molar-refractivity contribution >= 4 is 12.1 Å². The van der Waals surface area contributed by atoms with Gasteiger partial charge in [-0.1, -0.05) is 62.4 Å². The molecule has 6 heteroatoms. The second kappa shape index (κ2) is 8.02. The number of carbonyl (C=O) groups excluding carboxylic acids is 1. The van der Waals surface area contributed by atoms with Crippen LogP contribution in [0.2, 0.25) is 0 Å². The van der Waals surface area contributed by atoms with E-state index in [1.165, 1.54) is 7.05 Å². The Morgan fingerprint density at radius 1 is 1.04 bits per heavy atom. The fourth-order valence-electron chi connectivity index (χ4n) is 3.71. The monoisotopic (exact) mass is 383 g/mol. The molecule has 148 valence electrons. The summed E-state index contributed by atoms with van der Waals surface area (Å²) >= 11 is 0. The molecule has 6 nitrogen and oxygen atoms in total. The van der Waals surface area contributed by atoms with Gasteiger partial charge in [0.25, 0.3) is 0 Å². The van der Waals surface area contributed by atoms with Crippen molar-refractivity contribution in [2.75, 3.05) is 13.7 Å². The molecule has 0 bridgehead atoms. The van der Waals surface area contributed by atoms with Crippen LogP contribution in [0.25, 0.3) is 11.1 Å². The Labute approximate surface area is 164 Å². The maximum Gasteiger partial charge on any atom is 0.410 e. The van der Waals surface area contributed by atoms with E-state index < -0.39 is 24.2 Å². The molecule has 28 heavy (non-hydrogen) atoms. The summed E-state index contributed by atoms with van der Waals surface area (Å²) < 4.78 is 5.48. The van der Waals surface area contributed by atoms with E-state index in [1.807, 2.05) is 48.5 Å². The lowest BCUT2D eigenvalue weighted by atomic mass is 9.98. The number of carbonyl (C=O) groups is 2. The smallest absolute Gasteiger partial charge is 0.410 e. The first-order valence-corrected chi connectivity index (χ1v) is 9.31. The highest BCUT2D eigenvalue weighted by Crippen LogP contribution is 2.44. The van der Waals surface area contributed by atoms with E-state index in [4.69, 9.17) is 4.74 Å². The zero-order chi connectivity index (χ0) is 20.4. The minimum absolute atomic E-state index is 0.0985. The molecule has 0 aromatic heterocycles. The van der Waals surface area contributed by atoms with Crippen LogP contribution < -0.4 is 0 Å². The summed E-state index contributed by atoms with van der Waals surface area (Å²) in [4.78, 5) is 25.1. The van der Waals surface area contributed by atoms with Gasteiger partial charge >= 0.3 is 12.1 Å². The molecule has 0 heterocycles. The Kier molecular flexibility index (Phi) is 5.70. The van der Waals surface area contributed by atoms with Gasteiger partial charge in [0, 0.05) is 13.0 Å². The summed E-state index contributed by atoms with van der Waals surface area (Å²) in [5, 5.41) is 19.6. The topological polar surface area (TPSA) is 87.1 Å². The zero-order valence-electron chi connectivity index (χ0n) is 16.2. The van der Waals surface area contributed by atoms with Crippen LogP contribution in [0, 0.1) is 5.92 Å².